The predicted octanol–water partition coefficient (Wildman–Crippen LogP) is 2.19. The molecule has 0 bridgehead atoms. The summed E-state index contributed by atoms with van der Waals surface area (Å²) in [6.45, 7) is 1.55. The third-order valence-electron chi connectivity index (χ3n) is 4.71. The Balaban J connectivity index is 1.80. The highest BCUT2D eigenvalue weighted by molar-refractivity contribution is 5.91. The van der Waals surface area contributed by atoms with Crippen LogP contribution in [0.25, 0.3) is 21.8 Å². The number of fused-ring (bicyclic) bond motifs is 2. The zero-order chi connectivity index (χ0) is 19.5. The van der Waals surface area contributed by atoms with E-state index in [-0.39, 0.29) is 11.1 Å². The van der Waals surface area contributed by atoms with Crippen molar-refractivity contribution in [3.8, 4) is 0 Å². The quantitative estimate of drug-likeness (QED) is 0.381. The lowest BCUT2D eigenvalue weighted by Gasteiger charge is -2.09. The number of methoxy groups -OCH3 is 1. The molecule has 0 saturated carbocycles. The average molecular weight is 376 g/mol. The van der Waals surface area contributed by atoms with Crippen molar-refractivity contribution in [2.45, 2.75) is 19.5 Å². The highest BCUT2D eigenvalue weighted by Crippen LogP contribution is 2.14. The molecule has 4 aromatic rings. The molecule has 0 aliphatic rings. The molecule has 0 amide bonds. The monoisotopic (exact) mass is 376 g/mol. The van der Waals surface area contributed by atoms with Gasteiger partial charge in [0.15, 0.2) is 0 Å². The van der Waals surface area contributed by atoms with E-state index >= 15 is 0 Å². The molecule has 0 atom stereocenters. The van der Waals surface area contributed by atoms with E-state index in [0.717, 1.165) is 12.0 Å². The Hall–Kier alpha value is -3.32. The summed E-state index contributed by atoms with van der Waals surface area (Å²) >= 11 is 0. The van der Waals surface area contributed by atoms with Gasteiger partial charge in [0.25, 0.3) is 11.1 Å². The molecule has 0 fully saturated rings. The van der Waals surface area contributed by atoms with Crippen LogP contribution < -0.4 is 11.1 Å². The van der Waals surface area contributed by atoms with Crippen LogP contribution in [-0.2, 0) is 17.8 Å². The van der Waals surface area contributed by atoms with Crippen molar-refractivity contribution in [3.05, 3.63) is 81.4 Å². The summed E-state index contributed by atoms with van der Waals surface area (Å²) in [4.78, 5) is 34.4. The van der Waals surface area contributed by atoms with E-state index in [1.165, 1.54) is 0 Å². The molecular weight excluding hydrogens is 356 g/mol. The fourth-order valence-corrected chi connectivity index (χ4v) is 3.27. The summed E-state index contributed by atoms with van der Waals surface area (Å²) in [6.07, 6.45) is 7.63. The van der Waals surface area contributed by atoms with Crippen molar-refractivity contribution >= 4 is 21.8 Å². The van der Waals surface area contributed by atoms with E-state index in [2.05, 4.69) is 9.97 Å². The Morgan fingerprint density at radius 1 is 1.00 bits per heavy atom. The van der Waals surface area contributed by atoms with Gasteiger partial charge in [0.1, 0.15) is 0 Å². The first-order valence-corrected chi connectivity index (χ1v) is 9.08. The minimum Gasteiger partial charge on any atom is -0.385 e. The maximum Gasteiger partial charge on any atom is 0.260 e. The number of rotatable bonds is 6. The van der Waals surface area contributed by atoms with E-state index in [1.807, 2.05) is 18.2 Å². The molecule has 0 spiro atoms. The molecule has 7 nitrogen and oxygen atoms in total. The third kappa shape index (κ3) is 3.44. The highest BCUT2D eigenvalue weighted by Gasteiger charge is 2.10. The van der Waals surface area contributed by atoms with Gasteiger partial charge >= 0.3 is 0 Å². The first-order chi connectivity index (χ1) is 13.7. The molecule has 0 unspecified atom stereocenters. The van der Waals surface area contributed by atoms with E-state index in [0.29, 0.717) is 41.5 Å². The van der Waals surface area contributed by atoms with Gasteiger partial charge in [-0.15, -0.1) is 0 Å². The van der Waals surface area contributed by atoms with E-state index in [1.54, 1.807) is 53.2 Å². The lowest BCUT2D eigenvalue weighted by Crippen LogP contribution is -2.23. The van der Waals surface area contributed by atoms with Crippen LogP contribution in [0.5, 0.6) is 0 Å². The summed E-state index contributed by atoms with van der Waals surface area (Å²) in [5, 5.41) is 0.884. The smallest absolute Gasteiger partial charge is 0.260 e. The molecule has 0 saturated heterocycles. The first kappa shape index (κ1) is 18.1. The van der Waals surface area contributed by atoms with Gasteiger partial charge in [-0.05, 0) is 36.2 Å². The maximum atomic E-state index is 13.0. The van der Waals surface area contributed by atoms with Crippen molar-refractivity contribution in [2.24, 2.45) is 0 Å². The number of nitrogens with zero attached hydrogens (tertiary/aromatic N) is 4. The van der Waals surface area contributed by atoms with Crippen LogP contribution in [0.2, 0.25) is 0 Å². The molecule has 4 rings (SSSR count). The molecule has 142 valence electrons. The predicted molar refractivity (Wildman–Crippen MR) is 108 cm³/mol. The van der Waals surface area contributed by atoms with Crippen LogP contribution in [0.15, 0.2) is 64.7 Å². The summed E-state index contributed by atoms with van der Waals surface area (Å²) in [6, 6.07) is 9.03. The Morgan fingerprint density at radius 2 is 1.71 bits per heavy atom. The zero-order valence-corrected chi connectivity index (χ0v) is 15.5. The molecule has 0 aliphatic heterocycles. The molecule has 0 N–H and O–H groups in total. The largest absolute Gasteiger partial charge is 0.385 e. The highest BCUT2D eigenvalue weighted by atomic mass is 16.5. The second kappa shape index (κ2) is 7.74. The normalized spacial score (nSPS) is 11.3. The Morgan fingerprint density at radius 3 is 2.39 bits per heavy atom. The van der Waals surface area contributed by atoms with E-state index in [9.17, 15) is 9.59 Å². The van der Waals surface area contributed by atoms with Crippen LogP contribution in [0.3, 0.4) is 0 Å². The molecule has 7 heteroatoms. The molecule has 4 heterocycles. The minimum atomic E-state index is -0.176. The van der Waals surface area contributed by atoms with Gasteiger partial charge in [0.2, 0.25) is 0 Å². The number of ether oxygens (including phenoxy) is 1. The maximum absolute atomic E-state index is 13.0. The minimum absolute atomic E-state index is 0.148. The van der Waals surface area contributed by atoms with Crippen molar-refractivity contribution in [1.29, 1.82) is 0 Å². The molecule has 4 aromatic heterocycles. The number of pyridine rings is 4. The summed E-state index contributed by atoms with van der Waals surface area (Å²) in [5.74, 6) is 0. The second-order valence-electron chi connectivity index (χ2n) is 6.62. The molecule has 0 aromatic carbocycles. The van der Waals surface area contributed by atoms with E-state index in [4.69, 9.17) is 4.74 Å². The van der Waals surface area contributed by atoms with Gasteiger partial charge in [-0.2, -0.15) is 0 Å². The first-order valence-electron chi connectivity index (χ1n) is 9.08. The van der Waals surface area contributed by atoms with Gasteiger partial charge < -0.3 is 13.9 Å². The Bertz CT molecular complexity index is 1250. The zero-order valence-electron chi connectivity index (χ0n) is 15.5. The fraction of sp³-hybridized carbons (Fsp3) is 0.238. The van der Waals surface area contributed by atoms with Gasteiger partial charge in [-0.3, -0.25) is 14.6 Å². The van der Waals surface area contributed by atoms with Crippen molar-refractivity contribution in [1.82, 2.24) is 19.1 Å². The van der Waals surface area contributed by atoms with Gasteiger partial charge in [-0.1, -0.05) is 6.07 Å². The second-order valence-corrected chi connectivity index (χ2v) is 6.62. The number of aromatic nitrogens is 4. The summed E-state index contributed by atoms with van der Waals surface area (Å²) in [7, 11) is 1.63. The lowest BCUT2D eigenvalue weighted by molar-refractivity contribution is 0.190. The van der Waals surface area contributed by atoms with Crippen LogP contribution in [-0.4, -0.2) is 32.8 Å². The van der Waals surface area contributed by atoms with Crippen LogP contribution in [0.1, 0.15) is 12.0 Å². The van der Waals surface area contributed by atoms with Crippen molar-refractivity contribution < 1.29 is 4.74 Å². The Kier molecular flexibility index (Phi) is 4.99. The number of aryl methyl sites for hydroxylation is 1. The molecule has 0 aliphatic carbocycles. The van der Waals surface area contributed by atoms with Crippen LogP contribution in [0.4, 0.5) is 0 Å². The molecular formula is C21H20N4O3. The van der Waals surface area contributed by atoms with Gasteiger partial charge in [0.05, 0.1) is 28.4 Å². The van der Waals surface area contributed by atoms with Crippen molar-refractivity contribution in [2.75, 3.05) is 13.7 Å². The molecule has 0 radical (unpaired) electrons. The topological polar surface area (TPSA) is 79.0 Å². The van der Waals surface area contributed by atoms with Crippen molar-refractivity contribution in [3.63, 3.8) is 0 Å². The third-order valence-corrected chi connectivity index (χ3v) is 4.71. The number of hydrogen-bond acceptors (Lipinski definition) is 5. The fourth-order valence-electron chi connectivity index (χ4n) is 3.27. The molecule has 28 heavy (non-hydrogen) atoms. The van der Waals surface area contributed by atoms with Gasteiger partial charge in [0, 0.05) is 45.0 Å². The SMILES string of the molecule is COCCCn1ccc2nc3ccn(Cc4cccnc4)c(=O)c3cc2c1=O. The van der Waals surface area contributed by atoms with Crippen LogP contribution >= 0.6 is 0 Å². The van der Waals surface area contributed by atoms with Crippen LogP contribution in [0, 0.1) is 0 Å². The Labute approximate surface area is 160 Å². The summed E-state index contributed by atoms with van der Waals surface area (Å²) in [5.41, 5.74) is 1.77. The average Bonchev–Trinajstić information content (AvgIpc) is 2.72. The van der Waals surface area contributed by atoms with Gasteiger partial charge in [-0.25, -0.2) is 4.98 Å². The summed E-state index contributed by atoms with van der Waals surface area (Å²) < 4.78 is 8.29. The lowest BCUT2D eigenvalue weighted by atomic mass is 10.2. The standard InChI is InChI=1S/C21H20N4O3/c1-28-11-3-8-24-9-5-18-16(20(24)26)12-17-19(23-18)6-10-25(21(17)27)14-15-4-2-7-22-13-15/h2,4-7,9-10,12-13H,3,8,11,14H2,1H3. The number of hydrogen-bond donors (Lipinski definition) is 0. The van der Waals surface area contributed by atoms with E-state index < -0.39 is 0 Å².